The average molecular weight is 519 g/mol. The van der Waals surface area contributed by atoms with Crippen molar-refractivity contribution in [3.63, 3.8) is 0 Å². The highest BCUT2D eigenvalue weighted by molar-refractivity contribution is 5.90. The van der Waals surface area contributed by atoms with Gasteiger partial charge in [-0.2, -0.15) is 0 Å². The molecule has 0 amide bonds. The zero-order valence-corrected chi connectivity index (χ0v) is 22.5. The fourth-order valence-corrected chi connectivity index (χ4v) is 6.59. The van der Waals surface area contributed by atoms with Gasteiger partial charge in [-0.05, 0) is 51.3 Å². The van der Waals surface area contributed by atoms with Gasteiger partial charge >= 0.3 is 11.9 Å². The first kappa shape index (κ1) is 24.9. The standard InChI is InChI=1S/C29H34N4O5/c1-18-13-20(32-12-11-27(5,16-32)19-9-7-6-8-10-19)14-33-22(18)30-24(31-33)29-15-28(17-37-29,21(29)23(34)35)25(36)38-26(2,3)4/h6-10,13-14,21H,11-12,15-17H2,1-5H3,(H,34,35)/t21?,27-,28?,29?/m0/s1. The van der Waals surface area contributed by atoms with Crippen LogP contribution in [-0.2, 0) is 30.1 Å². The Morgan fingerprint density at radius 2 is 1.95 bits per heavy atom. The summed E-state index contributed by atoms with van der Waals surface area (Å²) in [7, 11) is 0. The first-order chi connectivity index (χ1) is 17.9. The third kappa shape index (κ3) is 3.55. The van der Waals surface area contributed by atoms with Crippen molar-refractivity contribution in [1.82, 2.24) is 14.6 Å². The fraction of sp³-hybridized carbons (Fsp3) is 0.517. The fourth-order valence-electron chi connectivity index (χ4n) is 6.59. The van der Waals surface area contributed by atoms with Gasteiger partial charge in [0.25, 0.3) is 0 Å². The molecule has 1 N–H and O–H groups in total. The second-order valence-electron chi connectivity index (χ2n) is 12.5. The van der Waals surface area contributed by atoms with E-state index in [9.17, 15) is 14.7 Å². The zero-order chi connectivity index (χ0) is 27.1. The van der Waals surface area contributed by atoms with E-state index in [-0.39, 0.29) is 18.4 Å². The molecule has 0 radical (unpaired) electrons. The smallest absolute Gasteiger partial charge is 0.316 e. The van der Waals surface area contributed by atoms with Crippen LogP contribution in [0.5, 0.6) is 0 Å². The maximum absolute atomic E-state index is 13.1. The van der Waals surface area contributed by atoms with Crippen LogP contribution in [0.15, 0.2) is 42.6 Å². The van der Waals surface area contributed by atoms with E-state index in [2.05, 4.69) is 42.2 Å². The van der Waals surface area contributed by atoms with Gasteiger partial charge in [0, 0.05) is 24.9 Å². The molecular formula is C29H34N4O5. The predicted molar refractivity (Wildman–Crippen MR) is 140 cm³/mol. The van der Waals surface area contributed by atoms with Crippen molar-refractivity contribution in [2.75, 3.05) is 24.6 Å². The number of carboxylic acid groups (broad SMARTS) is 1. The van der Waals surface area contributed by atoms with Crippen molar-refractivity contribution in [2.45, 2.75) is 64.1 Å². The Morgan fingerprint density at radius 1 is 1.21 bits per heavy atom. The Hall–Kier alpha value is -3.46. The Morgan fingerprint density at radius 3 is 2.63 bits per heavy atom. The topological polar surface area (TPSA) is 106 Å². The molecule has 3 unspecified atom stereocenters. The first-order valence-corrected chi connectivity index (χ1v) is 13.2. The van der Waals surface area contributed by atoms with E-state index in [0.29, 0.717) is 11.5 Å². The molecule has 4 fully saturated rings. The third-order valence-electron chi connectivity index (χ3n) is 8.53. The van der Waals surface area contributed by atoms with Gasteiger partial charge in [0.05, 0.1) is 18.5 Å². The number of carbonyl (C=O) groups excluding carboxylic acids is 1. The summed E-state index contributed by atoms with van der Waals surface area (Å²) in [5, 5.41) is 14.9. The van der Waals surface area contributed by atoms with E-state index in [4.69, 9.17) is 19.6 Å². The minimum absolute atomic E-state index is 0.0233. The number of hydrogen-bond acceptors (Lipinski definition) is 7. The molecule has 1 aromatic carbocycles. The summed E-state index contributed by atoms with van der Waals surface area (Å²) in [6, 6.07) is 12.7. The van der Waals surface area contributed by atoms with Crippen LogP contribution in [0.2, 0.25) is 0 Å². The van der Waals surface area contributed by atoms with Crippen molar-refractivity contribution < 1.29 is 24.2 Å². The van der Waals surface area contributed by atoms with E-state index < -0.39 is 34.5 Å². The van der Waals surface area contributed by atoms with Gasteiger partial charge < -0.3 is 19.5 Å². The Kier molecular flexibility index (Phi) is 5.25. The zero-order valence-electron chi connectivity index (χ0n) is 22.5. The Labute approximate surface area is 221 Å². The second kappa shape index (κ2) is 8.02. The minimum Gasteiger partial charge on any atom is -0.481 e. The molecule has 2 aromatic heterocycles. The van der Waals surface area contributed by atoms with E-state index in [0.717, 1.165) is 30.8 Å². The van der Waals surface area contributed by atoms with Crippen LogP contribution in [0.3, 0.4) is 0 Å². The highest BCUT2D eigenvalue weighted by Crippen LogP contribution is 2.67. The number of aryl methyl sites for hydroxylation is 1. The van der Waals surface area contributed by atoms with Gasteiger partial charge in [-0.15, -0.1) is 5.10 Å². The number of aromatic nitrogens is 3. The molecule has 3 aromatic rings. The summed E-state index contributed by atoms with van der Waals surface area (Å²) in [5.74, 6) is -2.44. The second-order valence-corrected chi connectivity index (χ2v) is 12.5. The molecule has 1 saturated carbocycles. The van der Waals surface area contributed by atoms with E-state index in [1.807, 2.05) is 19.2 Å². The SMILES string of the molecule is Cc1cc(N2CC[C@](C)(c3ccccc3)C2)cn2nc(C34CC(C(=O)OC(C)(C)C)(CO3)C4C(=O)O)nc12. The molecule has 0 spiro atoms. The number of hydrogen-bond donors (Lipinski definition) is 1. The van der Waals surface area contributed by atoms with Crippen LogP contribution in [-0.4, -0.2) is 56.9 Å². The largest absolute Gasteiger partial charge is 0.481 e. The summed E-state index contributed by atoms with van der Waals surface area (Å²) in [6.07, 6.45) is 3.19. The number of esters is 1. The molecule has 1 aliphatic carbocycles. The minimum atomic E-state index is -1.25. The molecule has 5 heterocycles. The molecule has 2 bridgehead atoms. The molecule has 4 atom stereocenters. The van der Waals surface area contributed by atoms with Crippen molar-refractivity contribution in [3.05, 3.63) is 59.5 Å². The monoisotopic (exact) mass is 518 g/mol. The number of nitrogens with zero attached hydrogens (tertiary/aromatic N) is 4. The van der Waals surface area contributed by atoms with Gasteiger partial charge in [0.15, 0.2) is 11.5 Å². The number of aliphatic carboxylic acids is 1. The maximum atomic E-state index is 13.1. The third-order valence-corrected chi connectivity index (χ3v) is 8.53. The lowest BCUT2D eigenvalue weighted by atomic mass is 9.53. The lowest BCUT2D eigenvalue weighted by Gasteiger charge is -2.47. The number of rotatable bonds is 5. The summed E-state index contributed by atoms with van der Waals surface area (Å²) in [6.45, 7) is 11.4. The number of fused-ring (bicyclic) bond motifs is 2. The molecule has 200 valence electrons. The highest BCUT2D eigenvalue weighted by atomic mass is 16.6. The van der Waals surface area contributed by atoms with Crippen LogP contribution < -0.4 is 4.90 Å². The maximum Gasteiger partial charge on any atom is 0.316 e. The van der Waals surface area contributed by atoms with Gasteiger partial charge in [-0.3, -0.25) is 9.59 Å². The Balaban J connectivity index is 1.31. The van der Waals surface area contributed by atoms with E-state index in [1.54, 1.807) is 25.3 Å². The summed E-state index contributed by atoms with van der Waals surface area (Å²) in [4.78, 5) is 32.6. The van der Waals surface area contributed by atoms with E-state index in [1.165, 1.54) is 5.56 Å². The molecular weight excluding hydrogens is 484 g/mol. The lowest BCUT2D eigenvalue weighted by Crippen LogP contribution is -2.61. The lowest BCUT2D eigenvalue weighted by molar-refractivity contribution is -0.194. The van der Waals surface area contributed by atoms with Gasteiger partial charge in [0.2, 0.25) is 0 Å². The molecule has 9 heteroatoms. The summed E-state index contributed by atoms with van der Waals surface area (Å²) < 4.78 is 13.4. The Bertz CT molecular complexity index is 1450. The van der Waals surface area contributed by atoms with Gasteiger partial charge in [-0.1, -0.05) is 37.3 Å². The van der Waals surface area contributed by atoms with Crippen molar-refractivity contribution in [2.24, 2.45) is 11.3 Å². The molecule has 38 heavy (non-hydrogen) atoms. The van der Waals surface area contributed by atoms with Crippen molar-refractivity contribution in [3.8, 4) is 0 Å². The molecule has 7 rings (SSSR count). The average Bonchev–Trinajstić information content (AvgIpc) is 3.59. The number of benzene rings is 1. The van der Waals surface area contributed by atoms with E-state index >= 15 is 0 Å². The van der Waals surface area contributed by atoms with Crippen LogP contribution in [0, 0.1) is 18.3 Å². The quantitative estimate of drug-likeness (QED) is 0.508. The number of pyridine rings is 1. The van der Waals surface area contributed by atoms with Gasteiger partial charge in [-0.25, -0.2) is 9.50 Å². The first-order valence-electron chi connectivity index (χ1n) is 13.2. The summed E-state index contributed by atoms with van der Waals surface area (Å²) in [5.41, 5.74) is 0.818. The van der Waals surface area contributed by atoms with Crippen molar-refractivity contribution in [1.29, 1.82) is 0 Å². The summed E-state index contributed by atoms with van der Waals surface area (Å²) >= 11 is 0. The molecule has 3 aliphatic heterocycles. The number of ether oxygens (including phenoxy) is 2. The number of carboxylic acids is 1. The van der Waals surface area contributed by atoms with Crippen LogP contribution in [0.1, 0.15) is 57.5 Å². The molecule has 3 saturated heterocycles. The number of carbonyl (C=O) groups is 2. The number of anilines is 1. The van der Waals surface area contributed by atoms with Crippen molar-refractivity contribution >= 4 is 23.3 Å². The van der Waals surface area contributed by atoms with Crippen LogP contribution in [0.4, 0.5) is 5.69 Å². The van der Waals surface area contributed by atoms with Crippen LogP contribution in [0.25, 0.3) is 5.65 Å². The van der Waals surface area contributed by atoms with Gasteiger partial charge in [0.1, 0.15) is 22.5 Å². The molecule has 9 nitrogen and oxygen atoms in total. The predicted octanol–water partition coefficient (Wildman–Crippen LogP) is 3.86. The highest BCUT2D eigenvalue weighted by Gasteiger charge is 2.79. The molecule has 4 aliphatic rings. The normalized spacial score (nSPS) is 30.4. The van der Waals surface area contributed by atoms with Crippen LogP contribution >= 0.6 is 0 Å².